The molecule has 1 aromatic rings. The first-order valence-corrected chi connectivity index (χ1v) is 7.74. The summed E-state index contributed by atoms with van der Waals surface area (Å²) >= 11 is 0. The fourth-order valence-corrected chi connectivity index (χ4v) is 2.97. The summed E-state index contributed by atoms with van der Waals surface area (Å²) in [6.45, 7) is 0. The van der Waals surface area contributed by atoms with Crippen molar-refractivity contribution in [1.82, 2.24) is 5.32 Å². The molecule has 6 nitrogen and oxygen atoms in total. The lowest BCUT2D eigenvalue weighted by Crippen LogP contribution is -2.18. The molecule has 20 heavy (non-hydrogen) atoms. The molecule has 0 saturated heterocycles. The largest absolute Gasteiger partial charge is 0.481 e. The molecule has 1 aromatic carbocycles. The Labute approximate surface area is 117 Å². The Balaban J connectivity index is 2.68. The molecule has 0 aliphatic carbocycles. The zero-order chi connectivity index (χ0) is 15.2. The van der Waals surface area contributed by atoms with Crippen molar-refractivity contribution >= 4 is 21.7 Å². The molecule has 0 atom stereocenters. The number of carbonyl (C=O) groups excluding carboxylic acids is 1. The Kier molecular flexibility index (Phi) is 5.69. The molecule has 0 heterocycles. The Hall–Kier alpha value is -1.89. The maximum Gasteiger partial charge on any atom is 0.307 e. The summed E-state index contributed by atoms with van der Waals surface area (Å²) in [5.74, 6) is -1.28. The molecule has 1 amide bonds. The Morgan fingerprint density at radius 1 is 1.20 bits per heavy atom. The van der Waals surface area contributed by atoms with Crippen molar-refractivity contribution in [2.24, 2.45) is 0 Å². The Morgan fingerprint density at radius 2 is 1.80 bits per heavy atom. The monoisotopic (exact) mass is 299 g/mol. The van der Waals surface area contributed by atoms with Crippen molar-refractivity contribution in [1.29, 1.82) is 0 Å². The molecule has 0 aliphatic rings. The summed E-state index contributed by atoms with van der Waals surface area (Å²) in [5.41, 5.74) is 0.543. The Morgan fingerprint density at radius 3 is 2.30 bits per heavy atom. The smallest absolute Gasteiger partial charge is 0.307 e. The van der Waals surface area contributed by atoms with E-state index in [0.717, 1.165) is 0 Å². The van der Waals surface area contributed by atoms with E-state index in [2.05, 4.69) is 5.32 Å². The van der Waals surface area contributed by atoms with Crippen LogP contribution in [-0.4, -0.2) is 38.2 Å². The lowest BCUT2D eigenvalue weighted by Gasteiger charge is -2.05. The van der Waals surface area contributed by atoms with Gasteiger partial charge in [0.25, 0.3) is 0 Å². The number of carboxylic acid groups (broad SMARTS) is 1. The van der Waals surface area contributed by atoms with Gasteiger partial charge in [0.1, 0.15) is 0 Å². The summed E-state index contributed by atoms with van der Waals surface area (Å²) in [6.07, 6.45) is 0.267. The van der Waals surface area contributed by atoms with Gasteiger partial charge in [0.2, 0.25) is 5.91 Å². The summed E-state index contributed by atoms with van der Waals surface area (Å²) < 4.78 is 24.0. The van der Waals surface area contributed by atoms with Crippen LogP contribution in [0.2, 0.25) is 0 Å². The first-order valence-electron chi connectivity index (χ1n) is 6.09. The molecule has 0 unspecified atom stereocenters. The zero-order valence-corrected chi connectivity index (χ0v) is 11.9. The summed E-state index contributed by atoms with van der Waals surface area (Å²) in [7, 11) is -1.94. The fourth-order valence-electron chi connectivity index (χ4n) is 1.65. The molecule has 0 aliphatic heterocycles. The van der Waals surface area contributed by atoms with Gasteiger partial charge in [-0.25, -0.2) is 8.42 Å². The maximum absolute atomic E-state index is 12.0. The van der Waals surface area contributed by atoms with Crippen molar-refractivity contribution in [2.75, 3.05) is 12.8 Å². The van der Waals surface area contributed by atoms with Crippen LogP contribution in [0.25, 0.3) is 0 Å². The van der Waals surface area contributed by atoms with Gasteiger partial charge in [0, 0.05) is 13.5 Å². The lowest BCUT2D eigenvalue weighted by molar-refractivity contribution is -0.136. The number of hydrogen-bond acceptors (Lipinski definition) is 4. The van der Waals surface area contributed by atoms with E-state index in [4.69, 9.17) is 5.11 Å². The van der Waals surface area contributed by atoms with Crippen LogP contribution < -0.4 is 5.32 Å². The number of rotatable bonds is 7. The average molecular weight is 299 g/mol. The number of aliphatic carboxylic acids is 1. The van der Waals surface area contributed by atoms with E-state index < -0.39 is 15.8 Å². The van der Waals surface area contributed by atoms with Crippen LogP contribution in [0.3, 0.4) is 0 Å². The van der Waals surface area contributed by atoms with Crippen molar-refractivity contribution in [2.45, 2.75) is 24.2 Å². The second-order valence-electron chi connectivity index (χ2n) is 4.31. The highest BCUT2D eigenvalue weighted by Gasteiger charge is 2.15. The third-order valence-electron chi connectivity index (χ3n) is 2.73. The molecule has 0 saturated carbocycles. The third-order valence-corrected chi connectivity index (χ3v) is 4.55. The van der Waals surface area contributed by atoms with Crippen molar-refractivity contribution in [3.05, 3.63) is 29.8 Å². The van der Waals surface area contributed by atoms with E-state index in [0.29, 0.717) is 5.56 Å². The zero-order valence-electron chi connectivity index (χ0n) is 11.1. The minimum Gasteiger partial charge on any atom is -0.481 e. The van der Waals surface area contributed by atoms with Gasteiger partial charge in [-0.1, -0.05) is 12.1 Å². The highest BCUT2D eigenvalue weighted by molar-refractivity contribution is 7.91. The van der Waals surface area contributed by atoms with Gasteiger partial charge >= 0.3 is 5.97 Å². The van der Waals surface area contributed by atoms with E-state index in [1.54, 1.807) is 0 Å². The average Bonchev–Trinajstić information content (AvgIpc) is 2.38. The molecule has 0 bridgehead atoms. The maximum atomic E-state index is 12.0. The van der Waals surface area contributed by atoms with Crippen LogP contribution in [0.4, 0.5) is 0 Å². The molecular weight excluding hydrogens is 282 g/mol. The van der Waals surface area contributed by atoms with Gasteiger partial charge in [0.15, 0.2) is 9.84 Å². The number of nitrogens with one attached hydrogen (secondary N) is 1. The first-order chi connectivity index (χ1) is 9.35. The van der Waals surface area contributed by atoms with Crippen LogP contribution in [0.15, 0.2) is 29.2 Å². The Bertz CT molecular complexity index is 577. The minimum atomic E-state index is -3.44. The van der Waals surface area contributed by atoms with Crippen molar-refractivity contribution < 1.29 is 23.1 Å². The van der Waals surface area contributed by atoms with Gasteiger partial charge in [-0.2, -0.15) is 0 Å². The van der Waals surface area contributed by atoms with Gasteiger partial charge < -0.3 is 10.4 Å². The fraction of sp³-hybridized carbons (Fsp3) is 0.385. The second kappa shape index (κ2) is 7.04. The molecule has 0 spiro atoms. The summed E-state index contributed by atoms with van der Waals surface area (Å²) in [5, 5.41) is 11.1. The molecule has 1 rings (SSSR count). The lowest BCUT2D eigenvalue weighted by atomic mass is 10.2. The van der Waals surface area contributed by atoms with Gasteiger partial charge in [-0.05, 0) is 24.1 Å². The van der Waals surface area contributed by atoms with Gasteiger partial charge in [-0.3, -0.25) is 9.59 Å². The van der Waals surface area contributed by atoms with Crippen LogP contribution in [-0.2, 0) is 25.8 Å². The van der Waals surface area contributed by atoms with Crippen LogP contribution in [0.1, 0.15) is 18.4 Å². The number of benzene rings is 1. The third kappa shape index (κ3) is 5.00. The highest BCUT2D eigenvalue weighted by Crippen LogP contribution is 2.14. The van der Waals surface area contributed by atoms with E-state index in [1.807, 2.05) is 0 Å². The first kappa shape index (κ1) is 16.2. The van der Waals surface area contributed by atoms with E-state index >= 15 is 0 Å². The quantitative estimate of drug-likeness (QED) is 0.768. The number of sulfone groups is 1. The van der Waals surface area contributed by atoms with Crippen LogP contribution >= 0.6 is 0 Å². The predicted octanol–water partition coefficient (Wildman–Crippen LogP) is 0.614. The summed E-state index contributed by atoms with van der Waals surface area (Å²) in [6, 6.07) is 5.76. The highest BCUT2D eigenvalue weighted by atomic mass is 32.2. The second-order valence-corrected chi connectivity index (χ2v) is 6.42. The SMILES string of the molecule is CNC(=O)CCCS(=O)(=O)c1ccc(CC(=O)O)cc1. The molecular formula is C13H17NO5S. The van der Waals surface area contributed by atoms with Crippen molar-refractivity contribution in [3.63, 3.8) is 0 Å². The van der Waals surface area contributed by atoms with Gasteiger partial charge in [0.05, 0.1) is 17.1 Å². The van der Waals surface area contributed by atoms with Gasteiger partial charge in [-0.15, -0.1) is 0 Å². The molecule has 0 fully saturated rings. The molecule has 2 N–H and O–H groups in total. The van der Waals surface area contributed by atoms with Crippen molar-refractivity contribution in [3.8, 4) is 0 Å². The standard InChI is InChI=1S/C13H17NO5S/c1-14-12(15)3-2-8-20(18,19)11-6-4-10(5-7-11)9-13(16)17/h4-7H,2-3,8-9H2,1H3,(H,14,15)(H,16,17). The topological polar surface area (TPSA) is 101 Å². The van der Waals surface area contributed by atoms with Crippen LogP contribution in [0.5, 0.6) is 0 Å². The molecule has 110 valence electrons. The van der Waals surface area contributed by atoms with E-state index in [9.17, 15) is 18.0 Å². The van der Waals surface area contributed by atoms with E-state index in [1.165, 1.54) is 31.3 Å². The van der Waals surface area contributed by atoms with Crippen LogP contribution in [0, 0.1) is 0 Å². The normalized spacial score (nSPS) is 11.1. The number of carboxylic acids is 1. The van der Waals surface area contributed by atoms with E-state index in [-0.39, 0.29) is 35.8 Å². The minimum absolute atomic E-state index is 0.112. The number of hydrogen-bond donors (Lipinski definition) is 2. The molecule has 7 heteroatoms. The summed E-state index contributed by atoms with van der Waals surface area (Å²) in [4.78, 5) is 21.7. The molecule has 0 radical (unpaired) electrons. The molecule has 0 aromatic heterocycles. The number of carbonyl (C=O) groups is 2. The number of amides is 1. The predicted molar refractivity (Wildman–Crippen MR) is 73.1 cm³/mol.